The van der Waals surface area contributed by atoms with Crippen LogP contribution in [-0.4, -0.2) is 26.4 Å². The van der Waals surface area contributed by atoms with Gasteiger partial charge in [-0.15, -0.1) is 0 Å². The predicted octanol–water partition coefficient (Wildman–Crippen LogP) is 2.06. The minimum Gasteiger partial charge on any atom is -0.476 e. The Morgan fingerprint density at radius 2 is 2.18 bits per heavy atom. The maximum absolute atomic E-state index is 10.7. The fourth-order valence-corrected chi connectivity index (χ4v) is 1.55. The average molecular weight is 235 g/mol. The van der Waals surface area contributed by atoms with E-state index in [2.05, 4.69) is 15.4 Å². The van der Waals surface area contributed by atoms with Gasteiger partial charge in [0.1, 0.15) is 0 Å². The SMILES string of the molecule is CC(C)(C)c1[nH]ncc1-c1cc(C(=O)O)no1. The summed E-state index contributed by atoms with van der Waals surface area (Å²) in [5.74, 6) is -0.707. The zero-order valence-electron chi connectivity index (χ0n) is 9.81. The van der Waals surface area contributed by atoms with E-state index < -0.39 is 5.97 Å². The molecule has 6 nitrogen and oxygen atoms in total. The minimum atomic E-state index is -1.11. The summed E-state index contributed by atoms with van der Waals surface area (Å²) in [7, 11) is 0. The first-order chi connectivity index (χ1) is 7.89. The van der Waals surface area contributed by atoms with E-state index >= 15 is 0 Å². The van der Waals surface area contributed by atoms with E-state index in [0.717, 1.165) is 11.3 Å². The lowest BCUT2D eigenvalue weighted by molar-refractivity contribution is 0.0686. The van der Waals surface area contributed by atoms with Crippen LogP contribution in [0.1, 0.15) is 37.0 Å². The number of carboxylic acids is 1. The molecule has 0 aliphatic rings. The molecule has 0 aliphatic heterocycles. The first-order valence-corrected chi connectivity index (χ1v) is 5.14. The molecule has 0 amide bonds. The van der Waals surface area contributed by atoms with Crippen LogP contribution in [0.5, 0.6) is 0 Å². The normalized spacial score (nSPS) is 11.7. The second kappa shape index (κ2) is 3.73. The van der Waals surface area contributed by atoms with Gasteiger partial charge in [0.25, 0.3) is 0 Å². The van der Waals surface area contributed by atoms with Crippen LogP contribution in [0.15, 0.2) is 16.8 Å². The first kappa shape index (κ1) is 11.4. The lowest BCUT2D eigenvalue weighted by atomic mass is 9.89. The minimum absolute atomic E-state index is 0.110. The van der Waals surface area contributed by atoms with E-state index in [1.165, 1.54) is 6.07 Å². The zero-order chi connectivity index (χ0) is 12.6. The van der Waals surface area contributed by atoms with Crippen molar-refractivity contribution in [2.75, 3.05) is 0 Å². The van der Waals surface area contributed by atoms with Gasteiger partial charge in [0.05, 0.1) is 17.5 Å². The Balaban J connectivity index is 2.47. The van der Waals surface area contributed by atoms with E-state index in [0.29, 0.717) is 5.76 Å². The van der Waals surface area contributed by atoms with Crippen LogP contribution in [-0.2, 0) is 5.41 Å². The van der Waals surface area contributed by atoms with Crippen molar-refractivity contribution in [1.29, 1.82) is 0 Å². The Hall–Kier alpha value is -2.11. The van der Waals surface area contributed by atoms with Gasteiger partial charge >= 0.3 is 5.97 Å². The summed E-state index contributed by atoms with van der Waals surface area (Å²) < 4.78 is 5.02. The number of hydrogen-bond donors (Lipinski definition) is 2. The van der Waals surface area contributed by atoms with E-state index in [-0.39, 0.29) is 11.1 Å². The largest absolute Gasteiger partial charge is 0.476 e. The highest BCUT2D eigenvalue weighted by Crippen LogP contribution is 2.31. The zero-order valence-corrected chi connectivity index (χ0v) is 9.81. The second-order valence-corrected chi connectivity index (χ2v) is 4.79. The van der Waals surface area contributed by atoms with Crippen LogP contribution in [0, 0.1) is 0 Å². The van der Waals surface area contributed by atoms with Crippen molar-refractivity contribution in [2.45, 2.75) is 26.2 Å². The summed E-state index contributed by atoms with van der Waals surface area (Å²) in [5, 5.41) is 19.1. The lowest BCUT2D eigenvalue weighted by Crippen LogP contribution is -2.12. The Labute approximate surface area is 97.6 Å². The molecule has 2 heterocycles. The number of aromatic amines is 1. The Kier molecular flexibility index (Phi) is 2.49. The van der Waals surface area contributed by atoms with Crippen LogP contribution < -0.4 is 0 Å². The number of aromatic carboxylic acids is 1. The molecule has 0 atom stereocenters. The summed E-state index contributed by atoms with van der Waals surface area (Å²) >= 11 is 0. The molecule has 2 rings (SSSR count). The molecule has 0 spiro atoms. The van der Waals surface area contributed by atoms with Crippen molar-refractivity contribution in [3.8, 4) is 11.3 Å². The third-order valence-corrected chi connectivity index (χ3v) is 2.38. The number of carboxylic acid groups (broad SMARTS) is 1. The first-order valence-electron chi connectivity index (χ1n) is 5.14. The number of hydrogen-bond acceptors (Lipinski definition) is 4. The summed E-state index contributed by atoms with van der Waals surface area (Å²) in [6.07, 6.45) is 1.60. The van der Waals surface area contributed by atoms with Crippen LogP contribution in [0.25, 0.3) is 11.3 Å². The number of nitrogens with one attached hydrogen (secondary N) is 1. The summed E-state index contributed by atoms with van der Waals surface area (Å²) in [4.78, 5) is 10.7. The maximum Gasteiger partial charge on any atom is 0.358 e. The number of nitrogens with zero attached hydrogens (tertiary/aromatic N) is 2. The molecule has 0 aliphatic carbocycles. The molecule has 2 N–H and O–H groups in total. The number of H-pyrrole nitrogens is 1. The molecule has 2 aromatic heterocycles. The molecule has 0 aromatic carbocycles. The highest BCUT2D eigenvalue weighted by molar-refractivity contribution is 5.86. The van der Waals surface area contributed by atoms with E-state index in [4.69, 9.17) is 9.63 Å². The van der Waals surface area contributed by atoms with Crippen molar-refractivity contribution in [3.05, 3.63) is 23.7 Å². The predicted molar refractivity (Wildman–Crippen MR) is 59.7 cm³/mol. The third-order valence-electron chi connectivity index (χ3n) is 2.38. The molecular weight excluding hydrogens is 222 g/mol. The van der Waals surface area contributed by atoms with Crippen LogP contribution in [0.3, 0.4) is 0 Å². The monoisotopic (exact) mass is 235 g/mol. The van der Waals surface area contributed by atoms with Crippen LogP contribution >= 0.6 is 0 Å². The van der Waals surface area contributed by atoms with E-state index in [1.807, 2.05) is 20.8 Å². The van der Waals surface area contributed by atoms with Crippen LogP contribution in [0.4, 0.5) is 0 Å². The quantitative estimate of drug-likeness (QED) is 0.831. The van der Waals surface area contributed by atoms with Crippen molar-refractivity contribution >= 4 is 5.97 Å². The number of aromatic nitrogens is 3. The lowest BCUT2D eigenvalue weighted by Gasteiger charge is -2.17. The molecule has 0 saturated carbocycles. The third kappa shape index (κ3) is 2.06. The van der Waals surface area contributed by atoms with Gasteiger partial charge in [-0.25, -0.2) is 4.79 Å². The van der Waals surface area contributed by atoms with Crippen molar-refractivity contribution in [3.63, 3.8) is 0 Å². The van der Waals surface area contributed by atoms with Crippen LogP contribution in [0.2, 0.25) is 0 Å². The average Bonchev–Trinajstić information content (AvgIpc) is 2.85. The Morgan fingerprint density at radius 1 is 1.47 bits per heavy atom. The maximum atomic E-state index is 10.7. The standard InChI is InChI=1S/C11H13N3O3/c1-11(2,3)9-6(5-12-13-9)8-4-7(10(15)16)14-17-8/h4-5H,1-3H3,(H,12,13)(H,15,16). The summed E-state index contributed by atoms with van der Waals surface area (Å²) in [6.45, 7) is 6.08. The topological polar surface area (TPSA) is 92.0 Å². The second-order valence-electron chi connectivity index (χ2n) is 4.79. The summed E-state index contributed by atoms with van der Waals surface area (Å²) in [5.41, 5.74) is 1.37. The van der Waals surface area contributed by atoms with Crippen molar-refractivity contribution in [2.24, 2.45) is 0 Å². The molecule has 0 radical (unpaired) electrons. The molecule has 0 fully saturated rings. The van der Waals surface area contributed by atoms with E-state index in [1.54, 1.807) is 6.20 Å². The van der Waals surface area contributed by atoms with Crippen molar-refractivity contribution in [1.82, 2.24) is 15.4 Å². The molecule has 6 heteroatoms. The smallest absolute Gasteiger partial charge is 0.358 e. The molecule has 0 saturated heterocycles. The molecule has 17 heavy (non-hydrogen) atoms. The van der Waals surface area contributed by atoms with E-state index in [9.17, 15) is 4.79 Å². The molecular formula is C11H13N3O3. The van der Waals surface area contributed by atoms with Gasteiger partial charge in [0, 0.05) is 11.5 Å². The fraction of sp³-hybridized carbons (Fsp3) is 0.364. The molecule has 0 unspecified atom stereocenters. The van der Waals surface area contributed by atoms with Crippen molar-refractivity contribution < 1.29 is 14.4 Å². The Morgan fingerprint density at radius 3 is 2.71 bits per heavy atom. The highest BCUT2D eigenvalue weighted by atomic mass is 16.5. The molecule has 90 valence electrons. The van der Waals surface area contributed by atoms with Gasteiger partial charge in [-0.2, -0.15) is 5.10 Å². The van der Waals surface area contributed by atoms with Gasteiger partial charge in [-0.1, -0.05) is 25.9 Å². The van der Waals surface area contributed by atoms with Gasteiger partial charge in [0.2, 0.25) is 0 Å². The summed E-state index contributed by atoms with van der Waals surface area (Å²) in [6, 6.07) is 1.39. The van der Waals surface area contributed by atoms with Gasteiger partial charge in [-0.05, 0) is 0 Å². The number of rotatable bonds is 2. The molecule has 2 aromatic rings. The van der Waals surface area contributed by atoms with Gasteiger partial charge in [-0.3, -0.25) is 5.10 Å². The molecule has 0 bridgehead atoms. The van der Waals surface area contributed by atoms with Gasteiger partial charge in [0.15, 0.2) is 11.5 Å². The van der Waals surface area contributed by atoms with Gasteiger partial charge < -0.3 is 9.63 Å². The Bertz CT molecular complexity index is 548. The number of carbonyl (C=O) groups is 1. The highest BCUT2D eigenvalue weighted by Gasteiger charge is 2.23. The fourth-order valence-electron chi connectivity index (χ4n) is 1.55.